The van der Waals surface area contributed by atoms with Crippen LogP contribution >= 0.6 is 0 Å². The van der Waals surface area contributed by atoms with Crippen molar-refractivity contribution in [2.24, 2.45) is 0 Å². The van der Waals surface area contributed by atoms with E-state index in [4.69, 9.17) is 9.90 Å². The maximum atomic E-state index is 11.0. The van der Waals surface area contributed by atoms with Gasteiger partial charge in [0.25, 0.3) is 0 Å². The Morgan fingerprint density at radius 3 is 1.86 bits per heavy atom. The number of rotatable bonds is 1. The molecule has 34 valence electrons. The molecule has 0 amide bonds. The van der Waals surface area contributed by atoms with Crippen molar-refractivity contribution >= 4 is 5.97 Å². The van der Waals surface area contributed by atoms with Crippen LogP contribution in [0.3, 0.4) is 0 Å². The first-order valence-electron chi connectivity index (χ1n) is 1.20. The molecule has 0 N–H and O–H groups in total. The van der Waals surface area contributed by atoms with Gasteiger partial charge in [0.15, 0.2) is 0 Å². The second-order valence-electron chi connectivity index (χ2n) is 0.692. The molecule has 0 aliphatic rings. The number of hydrogen-bond donors (Lipinski definition) is 0. The quantitative estimate of drug-likeness (QED) is 0.248. The van der Waals surface area contributed by atoms with Crippen LogP contribution in [0.4, 0.5) is 4.39 Å². The third-order valence-corrected chi connectivity index (χ3v) is 0.221. The molecule has 0 radical (unpaired) electrons. The van der Waals surface area contributed by atoms with Gasteiger partial charge in [-0.15, -0.1) is 0 Å². The van der Waals surface area contributed by atoms with E-state index in [1.54, 1.807) is 0 Å². The first kappa shape index (κ1) is 9.88. The van der Waals surface area contributed by atoms with E-state index >= 15 is 0 Å². The van der Waals surface area contributed by atoms with Crippen LogP contribution in [0, 0.1) is 0 Å². The number of hydrogen-bond acceptors (Lipinski definition) is 2. The van der Waals surface area contributed by atoms with E-state index in [0.717, 1.165) is 0 Å². The van der Waals surface area contributed by atoms with Crippen molar-refractivity contribution in [1.82, 2.24) is 0 Å². The third-order valence-electron chi connectivity index (χ3n) is 0.221. The summed E-state index contributed by atoms with van der Waals surface area (Å²) in [5.41, 5.74) is 0. The van der Waals surface area contributed by atoms with Gasteiger partial charge in [0, 0.05) is 0 Å². The molecule has 0 heterocycles. The van der Waals surface area contributed by atoms with E-state index in [9.17, 15) is 4.39 Å². The molecule has 0 aliphatic carbocycles. The zero-order valence-corrected chi connectivity index (χ0v) is 3.90. The second-order valence-corrected chi connectivity index (χ2v) is 0.692. The van der Waals surface area contributed by atoms with Crippen LogP contribution in [0.15, 0.2) is 12.4 Å². The Kier molecular flexibility index (Phi) is 5.52. The van der Waals surface area contributed by atoms with Crippen LogP contribution < -0.4 is 24.0 Å². The first-order valence-corrected chi connectivity index (χ1v) is 1.20. The topological polar surface area (TPSA) is 40.1 Å². The van der Waals surface area contributed by atoms with Gasteiger partial charge in [-0.25, -0.2) is 4.39 Å². The standard InChI is InChI=1S/C3H3FO2.Li/c1-2(4)3(5)6;/h1H2,(H,5,6);/q;+1/p-1. The Bertz CT molecular complexity index is 78.9. The minimum absolute atomic E-state index is 0. The van der Waals surface area contributed by atoms with Crippen LogP contribution in [0.1, 0.15) is 0 Å². The predicted molar refractivity (Wildman–Crippen MR) is 15.3 cm³/mol. The van der Waals surface area contributed by atoms with Gasteiger partial charge in [0.1, 0.15) is 5.83 Å². The number of carboxylic acids is 1. The molecule has 2 nitrogen and oxygen atoms in total. The fraction of sp³-hybridized carbons (Fsp3) is 0. The van der Waals surface area contributed by atoms with Crippen molar-refractivity contribution in [2.45, 2.75) is 0 Å². The normalized spacial score (nSPS) is 6.43. The summed E-state index contributed by atoms with van der Waals surface area (Å²) < 4.78 is 11.0. The molecule has 0 rings (SSSR count). The van der Waals surface area contributed by atoms with E-state index in [0.29, 0.717) is 0 Å². The average molecular weight is 96.0 g/mol. The molecule has 4 heteroatoms. The molecule has 7 heavy (non-hydrogen) atoms. The Labute approximate surface area is 52.2 Å². The maximum Gasteiger partial charge on any atom is 1.00 e. The SMILES string of the molecule is C=C(F)C(=O)[O-].[Li+]. The van der Waals surface area contributed by atoms with Gasteiger partial charge in [-0.05, 0) is 0 Å². The zero-order chi connectivity index (χ0) is 5.15. The van der Waals surface area contributed by atoms with Crippen LogP contribution in [-0.4, -0.2) is 5.97 Å². The largest absolute Gasteiger partial charge is 1.00 e. The van der Waals surface area contributed by atoms with Crippen LogP contribution in [0.2, 0.25) is 0 Å². The number of carbonyl (C=O) groups excluding carboxylic acids is 1. The molecular weight excluding hydrogens is 94.0 g/mol. The van der Waals surface area contributed by atoms with Gasteiger partial charge in [-0.3, -0.25) is 0 Å². The Morgan fingerprint density at radius 1 is 1.71 bits per heavy atom. The molecule has 0 atom stereocenters. The molecule has 0 fully saturated rings. The summed E-state index contributed by atoms with van der Waals surface area (Å²) in [5, 5.41) is 9.11. The van der Waals surface area contributed by atoms with Gasteiger partial charge in [0.2, 0.25) is 0 Å². The molecule has 0 saturated heterocycles. The van der Waals surface area contributed by atoms with Crippen molar-refractivity contribution in [3.63, 3.8) is 0 Å². The van der Waals surface area contributed by atoms with Gasteiger partial charge in [0.05, 0.1) is 5.97 Å². The molecule has 0 saturated carbocycles. The smallest absolute Gasteiger partial charge is 0.542 e. The first-order chi connectivity index (χ1) is 2.64. The molecular formula is C3H2FLiO2. The summed E-state index contributed by atoms with van der Waals surface area (Å²) in [6.45, 7) is 2.43. The third kappa shape index (κ3) is 5.74. The van der Waals surface area contributed by atoms with E-state index < -0.39 is 11.8 Å². The second kappa shape index (κ2) is 3.91. The molecule has 0 spiro atoms. The summed E-state index contributed by atoms with van der Waals surface area (Å²) in [6.07, 6.45) is 0. The van der Waals surface area contributed by atoms with E-state index in [2.05, 4.69) is 6.58 Å². The maximum absolute atomic E-state index is 11.0. The Hall–Kier alpha value is -0.263. The van der Waals surface area contributed by atoms with Crippen LogP contribution in [-0.2, 0) is 4.79 Å². The molecule has 0 aromatic heterocycles. The minimum atomic E-state index is -1.85. The Balaban J connectivity index is 0. The molecule has 0 bridgehead atoms. The van der Waals surface area contributed by atoms with Crippen LogP contribution in [0.5, 0.6) is 0 Å². The summed E-state index contributed by atoms with van der Waals surface area (Å²) >= 11 is 0. The summed E-state index contributed by atoms with van der Waals surface area (Å²) in [5.74, 6) is -3.29. The zero-order valence-electron chi connectivity index (χ0n) is 3.90. The molecule has 0 aromatic carbocycles. The van der Waals surface area contributed by atoms with Gasteiger partial charge in [-0.1, -0.05) is 6.58 Å². The van der Waals surface area contributed by atoms with E-state index in [1.807, 2.05) is 0 Å². The summed E-state index contributed by atoms with van der Waals surface area (Å²) in [7, 11) is 0. The molecule has 0 aliphatic heterocycles. The Morgan fingerprint density at radius 2 is 1.86 bits per heavy atom. The monoisotopic (exact) mass is 96.0 g/mol. The average Bonchev–Trinajstić information content (AvgIpc) is 1.36. The van der Waals surface area contributed by atoms with Crippen molar-refractivity contribution in [3.8, 4) is 0 Å². The predicted octanol–water partition coefficient (Wildman–Crippen LogP) is -3.78. The van der Waals surface area contributed by atoms with E-state index in [1.165, 1.54) is 0 Å². The van der Waals surface area contributed by atoms with Crippen LogP contribution in [0.25, 0.3) is 0 Å². The molecule has 0 aromatic rings. The minimum Gasteiger partial charge on any atom is -0.542 e. The number of aliphatic carboxylic acids is 1. The van der Waals surface area contributed by atoms with E-state index in [-0.39, 0.29) is 18.9 Å². The number of carbonyl (C=O) groups is 1. The number of halogens is 1. The van der Waals surface area contributed by atoms with Crippen molar-refractivity contribution in [2.75, 3.05) is 0 Å². The summed E-state index contributed by atoms with van der Waals surface area (Å²) in [4.78, 5) is 9.11. The van der Waals surface area contributed by atoms with Gasteiger partial charge >= 0.3 is 18.9 Å². The summed E-state index contributed by atoms with van der Waals surface area (Å²) in [6, 6.07) is 0. The van der Waals surface area contributed by atoms with Crippen molar-refractivity contribution < 1.29 is 33.2 Å². The van der Waals surface area contributed by atoms with Gasteiger partial charge in [-0.2, -0.15) is 0 Å². The van der Waals surface area contributed by atoms with Crippen molar-refractivity contribution in [3.05, 3.63) is 12.4 Å². The van der Waals surface area contributed by atoms with Crippen molar-refractivity contribution in [1.29, 1.82) is 0 Å². The fourth-order valence-electron chi connectivity index (χ4n) is 0. The molecule has 0 unspecified atom stereocenters. The number of carboxylic acid groups (broad SMARTS) is 1. The fourth-order valence-corrected chi connectivity index (χ4v) is 0. The van der Waals surface area contributed by atoms with Gasteiger partial charge < -0.3 is 9.90 Å².